The van der Waals surface area contributed by atoms with Crippen LogP contribution in [-0.4, -0.2) is 14.8 Å². The lowest BCUT2D eigenvalue weighted by molar-refractivity contribution is 0.969. The van der Waals surface area contributed by atoms with Gasteiger partial charge >= 0.3 is 0 Å². The molecule has 2 heterocycles. The molecule has 0 fully saturated rings. The molecule has 5 heteroatoms. The quantitative estimate of drug-likeness (QED) is 0.697. The second kappa shape index (κ2) is 3.31. The normalized spacial score (nSPS) is 11.1. The zero-order valence-electron chi connectivity index (χ0n) is 8.71. The van der Waals surface area contributed by atoms with Crippen molar-refractivity contribution in [3.05, 3.63) is 30.5 Å². The summed E-state index contributed by atoms with van der Waals surface area (Å²) in [7, 11) is 2.02. The molecule has 0 aliphatic carbocycles. The molecule has 0 unspecified atom stereocenters. The molecule has 1 aromatic carbocycles. The van der Waals surface area contributed by atoms with E-state index < -0.39 is 0 Å². The Morgan fingerprint density at radius 3 is 2.81 bits per heavy atom. The summed E-state index contributed by atoms with van der Waals surface area (Å²) >= 11 is 1.41. The first kappa shape index (κ1) is 9.35. The number of anilines is 1. The lowest BCUT2D eigenvalue weighted by atomic mass is 10.2. The van der Waals surface area contributed by atoms with E-state index in [0.29, 0.717) is 5.13 Å². The average molecular weight is 230 g/mol. The zero-order chi connectivity index (χ0) is 11.1. The van der Waals surface area contributed by atoms with E-state index in [-0.39, 0.29) is 0 Å². The summed E-state index contributed by atoms with van der Waals surface area (Å²) in [5.41, 5.74) is 7.88. The highest BCUT2D eigenvalue weighted by atomic mass is 32.1. The molecule has 80 valence electrons. The number of hydrogen-bond donors (Lipinski definition) is 1. The molecule has 0 aliphatic heterocycles. The van der Waals surface area contributed by atoms with Crippen LogP contribution >= 0.6 is 11.3 Å². The summed E-state index contributed by atoms with van der Waals surface area (Å²) in [6.45, 7) is 0. The van der Waals surface area contributed by atoms with Crippen molar-refractivity contribution in [3.8, 4) is 10.6 Å². The smallest absolute Gasteiger partial charge is 0.203 e. The van der Waals surface area contributed by atoms with Gasteiger partial charge in [-0.2, -0.15) is 0 Å². The molecular formula is C11H10N4S. The number of aryl methyl sites for hydroxylation is 1. The maximum absolute atomic E-state index is 5.60. The van der Waals surface area contributed by atoms with Crippen LogP contribution in [-0.2, 0) is 7.05 Å². The summed E-state index contributed by atoms with van der Waals surface area (Å²) in [6.07, 6.45) is 2.06. The number of nitrogens with zero attached hydrogens (tertiary/aromatic N) is 3. The van der Waals surface area contributed by atoms with Gasteiger partial charge < -0.3 is 10.3 Å². The SMILES string of the molecule is Cn1cc(-c2nnc(N)s2)c2ccccc21. The summed E-state index contributed by atoms with van der Waals surface area (Å²) < 4.78 is 2.09. The highest BCUT2D eigenvalue weighted by Crippen LogP contribution is 2.32. The fourth-order valence-corrected chi connectivity index (χ4v) is 2.49. The van der Waals surface area contributed by atoms with E-state index in [0.717, 1.165) is 10.6 Å². The standard InChI is InChI=1S/C11H10N4S/c1-15-6-8(10-13-14-11(12)16-10)7-4-2-3-5-9(7)15/h2-6H,1H3,(H2,12,14). The van der Waals surface area contributed by atoms with E-state index in [2.05, 4.69) is 33.1 Å². The van der Waals surface area contributed by atoms with Crippen molar-refractivity contribution in [2.45, 2.75) is 0 Å². The van der Waals surface area contributed by atoms with Gasteiger partial charge in [0.25, 0.3) is 0 Å². The van der Waals surface area contributed by atoms with Gasteiger partial charge in [-0.25, -0.2) is 0 Å². The van der Waals surface area contributed by atoms with Gasteiger partial charge in [0.15, 0.2) is 5.01 Å². The van der Waals surface area contributed by atoms with Crippen molar-refractivity contribution in [2.75, 3.05) is 5.73 Å². The number of fused-ring (bicyclic) bond motifs is 1. The number of nitrogen functional groups attached to an aromatic ring is 1. The third-order valence-corrected chi connectivity index (χ3v) is 3.35. The lowest BCUT2D eigenvalue weighted by Crippen LogP contribution is -1.81. The number of rotatable bonds is 1. The molecule has 0 spiro atoms. The number of nitrogens with two attached hydrogens (primary N) is 1. The number of hydrogen-bond acceptors (Lipinski definition) is 4. The minimum atomic E-state index is 0.503. The van der Waals surface area contributed by atoms with Crippen molar-refractivity contribution in [1.82, 2.24) is 14.8 Å². The predicted molar refractivity (Wildman–Crippen MR) is 66.2 cm³/mol. The van der Waals surface area contributed by atoms with Crippen molar-refractivity contribution in [1.29, 1.82) is 0 Å². The predicted octanol–water partition coefficient (Wildman–Crippen LogP) is 2.28. The van der Waals surface area contributed by atoms with Crippen LogP contribution in [0.25, 0.3) is 21.5 Å². The summed E-state index contributed by atoms with van der Waals surface area (Å²) in [4.78, 5) is 0. The number of benzene rings is 1. The van der Waals surface area contributed by atoms with E-state index in [1.807, 2.05) is 19.2 Å². The van der Waals surface area contributed by atoms with E-state index in [1.54, 1.807) is 0 Å². The topological polar surface area (TPSA) is 56.7 Å². The average Bonchev–Trinajstić information content (AvgIpc) is 2.84. The van der Waals surface area contributed by atoms with Gasteiger partial charge in [0.05, 0.1) is 0 Å². The summed E-state index contributed by atoms with van der Waals surface area (Å²) in [6, 6.07) is 8.22. The maximum atomic E-state index is 5.60. The zero-order valence-corrected chi connectivity index (χ0v) is 9.53. The molecule has 0 aliphatic rings. The van der Waals surface area contributed by atoms with Crippen molar-refractivity contribution in [2.24, 2.45) is 7.05 Å². The highest BCUT2D eigenvalue weighted by Gasteiger charge is 2.11. The van der Waals surface area contributed by atoms with Crippen molar-refractivity contribution in [3.63, 3.8) is 0 Å². The Kier molecular flexibility index (Phi) is 1.94. The first-order valence-electron chi connectivity index (χ1n) is 4.89. The van der Waals surface area contributed by atoms with Crippen LogP contribution in [0.2, 0.25) is 0 Å². The van der Waals surface area contributed by atoms with Crippen LogP contribution in [0.1, 0.15) is 0 Å². The Morgan fingerprint density at radius 2 is 2.06 bits per heavy atom. The first-order chi connectivity index (χ1) is 7.75. The van der Waals surface area contributed by atoms with Crippen LogP contribution in [0.15, 0.2) is 30.5 Å². The van der Waals surface area contributed by atoms with Crippen molar-refractivity contribution >= 4 is 27.4 Å². The second-order valence-corrected chi connectivity index (χ2v) is 4.63. The van der Waals surface area contributed by atoms with Gasteiger partial charge in [-0.05, 0) is 6.07 Å². The largest absolute Gasteiger partial charge is 0.374 e. The molecule has 0 saturated heterocycles. The molecule has 3 aromatic rings. The lowest BCUT2D eigenvalue weighted by Gasteiger charge is -1.93. The number of para-hydroxylation sites is 1. The molecule has 0 radical (unpaired) electrons. The second-order valence-electron chi connectivity index (χ2n) is 3.62. The molecule has 0 atom stereocenters. The number of aromatic nitrogens is 3. The Balaban J connectivity index is 2.32. The Bertz CT molecular complexity index is 653. The molecule has 4 nitrogen and oxygen atoms in total. The minimum Gasteiger partial charge on any atom is -0.374 e. The Labute approximate surface area is 96.3 Å². The Morgan fingerprint density at radius 1 is 1.25 bits per heavy atom. The van der Waals surface area contributed by atoms with Gasteiger partial charge in [-0.15, -0.1) is 10.2 Å². The third kappa shape index (κ3) is 1.29. The van der Waals surface area contributed by atoms with Gasteiger partial charge in [0.1, 0.15) is 0 Å². The van der Waals surface area contributed by atoms with Crippen molar-refractivity contribution < 1.29 is 0 Å². The molecule has 16 heavy (non-hydrogen) atoms. The molecule has 0 bridgehead atoms. The van der Waals surface area contributed by atoms with E-state index >= 15 is 0 Å². The highest BCUT2D eigenvalue weighted by molar-refractivity contribution is 7.18. The summed E-state index contributed by atoms with van der Waals surface area (Å²) in [5.74, 6) is 0. The molecule has 2 N–H and O–H groups in total. The van der Waals surface area contributed by atoms with Gasteiger partial charge in [0.2, 0.25) is 5.13 Å². The van der Waals surface area contributed by atoms with E-state index in [1.165, 1.54) is 22.2 Å². The maximum Gasteiger partial charge on any atom is 0.203 e. The molecule has 0 saturated carbocycles. The van der Waals surface area contributed by atoms with E-state index in [9.17, 15) is 0 Å². The van der Waals surface area contributed by atoms with Gasteiger partial charge in [-0.3, -0.25) is 0 Å². The van der Waals surface area contributed by atoms with Crippen LogP contribution in [0.4, 0.5) is 5.13 Å². The molecular weight excluding hydrogens is 220 g/mol. The monoisotopic (exact) mass is 230 g/mol. The first-order valence-corrected chi connectivity index (χ1v) is 5.71. The fourth-order valence-electron chi connectivity index (χ4n) is 1.86. The molecule has 0 amide bonds. The van der Waals surface area contributed by atoms with Crippen LogP contribution in [0.5, 0.6) is 0 Å². The van der Waals surface area contributed by atoms with Crippen LogP contribution < -0.4 is 5.73 Å². The van der Waals surface area contributed by atoms with Crippen LogP contribution in [0, 0.1) is 0 Å². The molecule has 3 rings (SSSR count). The van der Waals surface area contributed by atoms with E-state index in [4.69, 9.17) is 5.73 Å². The Hall–Kier alpha value is -1.88. The minimum absolute atomic E-state index is 0.503. The van der Waals surface area contributed by atoms with Gasteiger partial charge in [0, 0.05) is 29.7 Å². The third-order valence-electron chi connectivity index (χ3n) is 2.57. The van der Waals surface area contributed by atoms with Gasteiger partial charge in [-0.1, -0.05) is 29.5 Å². The molecule has 2 aromatic heterocycles. The summed E-state index contributed by atoms with van der Waals surface area (Å²) in [5, 5.41) is 10.5. The fraction of sp³-hybridized carbons (Fsp3) is 0.0909. The van der Waals surface area contributed by atoms with Crippen LogP contribution in [0.3, 0.4) is 0 Å².